The predicted octanol–water partition coefficient (Wildman–Crippen LogP) is 8.22. The quantitative estimate of drug-likeness (QED) is 0.123. The van der Waals surface area contributed by atoms with Gasteiger partial charge in [0, 0.05) is 11.1 Å². The Bertz CT molecular complexity index is 1460. The lowest BCUT2D eigenvalue weighted by atomic mass is 9.95. The zero-order valence-corrected chi connectivity index (χ0v) is 22.9. The summed E-state index contributed by atoms with van der Waals surface area (Å²) in [4.78, 5) is 23.4. The van der Waals surface area contributed by atoms with E-state index in [1.165, 1.54) is 6.07 Å². The molecule has 0 heterocycles. The number of benzene rings is 4. The summed E-state index contributed by atoms with van der Waals surface area (Å²) in [6.45, 7) is 12.4. The van der Waals surface area contributed by atoms with Crippen molar-refractivity contribution in [3.8, 4) is 33.8 Å². The molecule has 0 aliphatic rings. The second-order valence-corrected chi connectivity index (χ2v) is 9.84. The maximum atomic E-state index is 15.0. The number of ether oxygens (including phenoxy) is 2. The second kappa shape index (κ2) is 12.4. The molecule has 0 saturated heterocycles. The molecule has 0 aliphatic carbocycles. The smallest absolute Gasteiger partial charge is 0.338 e. The summed E-state index contributed by atoms with van der Waals surface area (Å²) in [7, 11) is 0. The van der Waals surface area contributed by atoms with Crippen LogP contribution in [0.3, 0.4) is 0 Å². The van der Waals surface area contributed by atoms with Crippen LogP contribution in [-0.2, 0) is 22.4 Å². The van der Waals surface area contributed by atoms with Gasteiger partial charge >= 0.3 is 11.9 Å². The van der Waals surface area contributed by atoms with Crippen molar-refractivity contribution in [1.82, 2.24) is 0 Å². The Morgan fingerprint density at radius 1 is 0.625 bits per heavy atom. The van der Waals surface area contributed by atoms with Crippen LogP contribution >= 0.6 is 0 Å². The van der Waals surface area contributed by atoms with E-state index >= 15 is 4.39 Å². The number of carbonyl (C=O) groups is 2. The summed E-state index contributed by atoms with van der Waals surface area (Å²) in [5.41, 5.74) is 7.24. The van der Waals surface area contributed by atoms with Crippen molar-refractivity contribution < 1.29 is 23.5 Å². The fraction of sp³-hybridized carbons (Fsp3) is 0.143. The molecule has 4 nitrogen and oxygen atoms in total. The van der Waals surface area contributed by atoms with Crippen molar-refractivity contribution in [2.45, 2.75) is 33.6 Å². The molecule has 0 radical (unpaired) electrons. The van der Waals surface area contributed by atoms with E-state index in [0.29, 0.717) is 41.1 Å². The highest BCUT2D eigenvalue weighted by molar-refractivity contribution is 5.89. The van der Waals surface area contributed by atoms with Gasteiger partial charge in [0.15, 0.2) is 0 Å². The number of halogens is 1. The van der Waals surface area contributed by atoms with Crippen molar-refractivity contribution in [3.05, 3.63) is 132 Å². The third-order valence-corrected chi connectivity index (χ3v) is 6.55. The molecule has 4 rings (SSSR count). The van der Waals surface area contributed by atoms with Crippen LogP contribution in [0.1, 0.15) is 30.5 Å². The van der Waals surface area contributed by atoms with Gasteiger partial charge in [-0.2, -0.15) is 0 Å². The van der Waals surface area contributed by atoms with Crippen LogP contribution in [0.5, 0.6) is 11.5 Å². The Morgan fingerprint density at radius 2 is 1.02 bits per heavy atom. The number of hydrogen-bond acceptors (Lipinski definition) is 4. The number of hydrogen-bond donors (Lipinski definition) is 0. The molecule has 0 amide bonds. The van der Waals surface area contributed by atoms with Gasteiger partial charge in [0.2, 0.25) is 0 Å². The highest BCUT2D eigenvalue weighted by Crippen LogP contribution is 2.28. The molecule has 0 aromatic heterocycles. The molecule has 4 aromatic rings. The first-order valence-corrected chi connectivity index (χ1v) is 12.9. The van der Waals surface area contributed by atoms with Crippen molar-refractivity contribution in [2.24, 2.45) is 0 Å². The minimum absolute atomic E-state index is 0.253. The maximum Gasteiger partial charge on any atom is 0.338 e. The lowest BCUT2D eigenvalue weighted by molar-refractivity contribution is -0.130. The van der Waals surface area contributed by atoms with Crippen LogP contribution < -0.4 is 9.47 Å². The van der Waals surface area contributed by atoms with Gasteiger partial charge in [-0.3, -0.25) is 0 Å². The third-order valence-electron chi connectivity index (χ3n) is 6.55. The van der Waals surface area contributed by atoms with E-state index < -0.39 is 11.9 Å². The average Bonchev–Trinajstić information content (AvgIpc) is 2.93. The van der Waals surface area contributed by atoms with Gasteiger partial charge in [-0.1, -0.05) is 67.8 Å². The van der Waals surface area contributed by atoms with E-state index in [2.05, 4.69) is 32.2 Å². The molecule has 0 spiro atoms. The molecule has 40 heavy (non-hydrogen) atoms. The summed E-state index contributed by atoms with van der Waals surface area (Å²) in [5.74, 6) is -0.297. The van der Waals surface area contributed by atoms with E-state index in [9.17, 15) is 9.59 Å². The Labute approximate surface area is 234 Å². The van der Waals surface area contributed by atoms with Gasteiger partial charge in [-0.05, 0) is 103 Å². The molecule has 0 bridgehead atoms. The van der Waals surface area contributed by atoms with E-state index in [1.54, 1.807) is 50.2 Å². The van der Waals surface area contributed by atoms with Crippen molar-refractivity contribution in [3.63, 3.8) is 0 Å². The van der Waals surface area contributed by atoms with Gasteiger partial charge < -0.3 is 9.47 Å². The lowest BCUT2D eigenvalue weighted by Crippen LogP contribution is -2.07. The van der Waals surface area contributed by atoms with Gasteiger partial charge in [-0.25, -0.2) is 14.0 Å². The lowest BCUT2D eigenvalue weighted by Gasteiger charge is -2.11. The fourth-order valence-corrected chi connectivity index (χ4v) is 4.17. The zero-order valence-electron chi connectivity index (χ0n) is 22.9. The Balaban J connectivity index is 1.39. The Morgan fingerprint density at radius 3 is 1.45 bits per heavy atom. The van der Waals surface area contributed by atoms with E-state index in [0.717, 1.165) is 33.4 Å². The van der Waals surface area contributed by atoms with E-state index in [4.69, 9.17) is 9.47 Å². The van der Waals surface area contributed by atoms with Crippen LogP contribution in [0.2, 0.25) is 0 Å². The number of rotatable bonds is 9. The third kappa shape index (κ3) is 7.00. The average molecular weight is 535 g/mol. The first-order valence-electron chi connectivity index (χ1n) is 12.9. The van der Waals surface area contributed by atoms with E-state index in [1.807, 2.05) is 30.3 Å². The topological polar surface area (TPSA) is 52.6 Å². The Kier molecular flexibility index (Phi) is 8.75. The van der Waals surface area contributed by atoms with Gasteiger partial charge in [0.25, 0.3) is 0 Å². The molecule has 0 aliphatic heterocycles. The molecule has 4 aromatic carbocycles. The zero-order chi connectivity index (χ0) is 28.8. The molecular weight excluding hydrogens is 503 g/mol. The van der Waals surface area contributed by atoms with Crippen LogP contribution in [0.15, 0.2) is 109 Å². The number of carbonyl (C=O) groups excluding carboxylic acids is 2. The second-order valence-electron chi connectivity index (χ2n) is 9.84. The van der Waals surface area contributed by atoms with Crippen molar-refractivity contribution in [1.29, 1.82) is 0 Å². The van der Waals surface area contributed by atoms with Crippen LogP contribution in [0.25, 0.3) is 22.3 Å². The van der Waals surface area contributed by atoms with Gasteiger partial charge in [-0.15, -0.1) is 0 Å². The Hall–Kier alpha value is -4.77. The first kappa shape index (κ1) is 28.2. The van der Waals surface area contributed by atoms with Gasteiger partial charge in [0.05, 0.1) is 0 Å². The van der Waals surface area contributed by atoms with Crippen LogP contribution in [0, 0.1) is 12.7 Å². The summed E-state index contributed by atoms with van der Waals surface area (Å²) in [6, 6.07) is 25.8. The molecular formula is C35H31FO4. The molecule has 0 saturated carbocycles. The van der Waals surface area contributed by atoms with Crippen molar-refractivity contribution in [2.75, 3.05) is 0 Å². The van der Waals surface area contributed by atoms with Crippen LogP contribution in [-0.4, -0.2) is 11.9 Å². The minimum Gasteiger partial charge on any atom is -0.423 e. The molecule has 0 atom stereocenters. The SMILES string of the molecule is C=C(C)C(=O)Oc1ccc(-c2ccc(CCc3ccc(-c4ccc(OC(=O)C(=C)C)cc4)cc3F)c(C)c2)cc1. The summed E-state index contributed by atoms with van der Waals surface area (Å²) < 4.78 is 25.5. The number of esters is 2. The summed E-state index contributed by atoms with van der Waals surface area (Å²) in [6.07, 6.45) is 1.28. The van der Waals surface area contributed by atoms with Gasteiger partial charge in [0.1, 0.15) is 17.3 Å². The number of aryl methyl sites for hydroxylation is 3. The van der Waals surface area contributed by atoms with E-state index in [-0.39, 0.29) is 5.82 Å². The molecule has 0 unspecified atom stereocenters. The predicted molar refractivity (Wildman–Crippen MR) is 157 cm³/mol. The molecule has 202 valence electrons. The largest absolute Gasteiger partial charge is 0.423 e. The minimum atomic E-state index is -0.481. The standard InChI is InChI=1S/C35H31FO4/c1-22(2)34(37)39-31-16-12-26(13-17-31)29-10-7-25(24(5)20-29)6-8-28-9-11-30(21-33(28)36)27-14-18-32(19-15-27)40-35(38)23(3)4/h7,9-21H,1,3,6,8H2,2,4-5H3. The highest BCUT2D eigenvalue weighted by atomic mass is 19.1. The molecule has 5 heteroatoms. The monoisotopic (exact) mass is 534 g/mol. The summed E-state index contributed by atoms with van der Waals surface area (Å²) >= 11 is 0. The maximum absolute atomic E-state index is 15.0. The first-order chi connectivity index (χ1) is 19.1. The highest BCUT2D eigenvalue weighted by Gasteiger charge is 2.10. The normalized spacial score (nSPS) is 10.6. The molecule has 0 fully saturated rings. The molecule has 0 N–H and O–H groups in total. The fourth-order valence-electron chi connectivity index (χ4n) is 4.17. The van der Waals surface area contributed by atoms with Crippen molar-refractivity contribution >= 4 is 11.9 Å². The summed E-state index contributed by atoms with van der Waals surface area (Å²) in [5, 5.41) is 0. The van der Waals surface area contributed by atoms with Crippen LogP contribution in [0.4, 0.5) is 4.39 Å².